The molecule has 0 atom stereocenters. The molecule has 0 bridgehead atoms. The molecule has 8 heteroatoms. The van der Waals surface area contributed by atoms with Crippen molar-refractivity contribution in [2.45, 2.75) is 6.54 Å². The average molecular weight is 350 g/mol. The molecule has 1 aromatic carbocycles. The number of rotatable bonds is 3. The van der Waals surface area contributed by atoms with Gasteiger partial charge in [0, 0.05) is 50.9 Å². The lowest BCUT2D eigenvalue weighted by Crippen LogP contribution is -2.51. The standard InChI is InChI=1S/C16H20ClN5O2/c1-20(2)16(23)22-8-6-21(7-9-22)11-14-18-15(24-19-14)12-4-3-5-13(17)10-12/h3-5,10H,6-9,11H2,1-2H3. The highest BCUT2D eigenvalue weighted by molar-refractivity contribution is 6.30. The van der Waals surface area contributed by atoms with Crippen LogP contribution in [0.4, 0.5) is 4.79 Å². The fraction of sp³-hybridized carbons (Fsp3) is 0.438. The zero-order chi connectivity index (χ0) is 17.1. The third kappa shape index (κ3) is 3.85. The Balaban J connectivity index is 1.57. The zero-order valence-corrected chi connectivity index (χ0v) is 14.5. The SMILES string of the molecule is CN(C)C(=O)N1CCN(Cc2noc(-c3cccc(Cl)c3)n2)CC1. The van der Waals surface area contributed by atoms with E-state index >= 15 is 0 Å². The molecule has 2 aromatic rings. The van der Waals surface area contributed by atoms with Gasteiger partial charge in [-0.2, -0.15) is 4.98 Å². The van der Waals surface area contributed by atoms with Crippen molar-refractivity contribution >= 4 is 17.6 Å². The molecule has 0 aliphatic carbocycles. The van der Waals surface area contributed by atoms with E-state index in [9.17, 15) is 4.79 Å². The van der Waals surface area contributed by atoms with Gasteiger partial charge in [-0.05, 0) is 18.2 Å². The van der Waals surface area contributed by atoms with Gasteiger partial charge < -0.3 is 14.3 Å². The number of hydrogen-bond acceptors (Lipinski definition) is 5. The molecule has 7 nitrogen and oxygen atoms in total. The third-order valence-corrected chi connectivity index (χ3v) is 4.17. The van der Waals surface area contributed by atoms with Crippen molar-refractivity contribution in [3.05, 3.63) is 35.1 Å². The zero-order valence-electron chi connectivity index (χ0n) is 13.8. The second kappa shape index (κ2) is 7.19. The summed E-state index contributed by atoms with van der Waals surface area (Å²) < 4.78 is 5.32. The van der Waals surface area contributed by atoms with Crippen LogP contribution < -0.4 is 0 Å². The first-order chi connectivity index (χ1) is 11.5. The highest BCUT2D eigenvalue weighted by Gasteiger charge is 2.23. The van der Waals surface area contributed by atoms with Gasteiger partial charge in [0.2, 0.25) is 0 Å². The van der Waals surface area contributed by atoms with Crippen molar-refractivity contribution in [3.63, 3.8) is 0 Å². The Hall–Kier alpha value is -2.12. The summed E-state index contributed by atoms with van der Waals surface area (Å²) in [5, 5.41) is 4.67. The minimum atomic E-state index is 0.0532. The van der Waals surface area contributed by atoms with Crippen molar-refractivity contribution in [2.75, 3.05) is 40.3 Å². The molecule has 2 amide bonds. The van der Waals surface area contributed by atoms with E-state index in [1.54, 1.807) is 31.1 Å². The molecule has 0 radical (unpaired) electrons. The smallest absolute Gasteiger partial charge is 0.319 e. The van der Waals surface area contributed by atoms with Crippen molar-refractivity contribution < 1.29 is 9.32 Å². The maximum Gasteiger partial charge on any atom is 0.319 e. The van der Waals surface area contributed by atoms with Gasteiger partial charge in [-0.3, -0.25) is 4.90 Å². The van der Waals surface area contributed by atoms with Gasteiger partial charge in [0.25, 0.3) is 5.89 Å². The maximum atomic E-state index is 11.9. The third-order valence-electron chi connectivity index (χ3n) is 3.93. The molecular formula is C16H20ClN5O2. The van der Waals surface area contributed by atoms with Crippen LogP contribution in [0.25, 0.3) is 11.5 Å². The van der Waals surface area contributed by atoms with Crippen molar-refractivity contribution in [1.82, 2.24) is 24.8 Å². The van der Waals surface area contributed by atoms with Gasteiger partial charge in [-0.25, -0.2) is 4.79 Å². The van der Waals surface area contributed by atoms with E-state index in [1.165, 1.54) is 0 Å². The van der Waals surface area contributed by atoms with Crippen molar-refractivity contribution in [1.29, 1.82) is 0 Å². The summed E-state index contributed by atoms with van der Waals surface area (Å²) in [6.45, 7) is 3.60. The van der Waals surface area contributed by atoms with E-state index in [4.69, 9.17) is 16.1 Å². The number of carbonyl (C=O) groups is 1. The van der Waals surface area contributed by atoms with Crippen molar-refractivity contribution in [2.24, 2.45) is 0 Å². The number of piperazine rings is 1. The normalized spacial score (nSPS) is 15.5. The minimum Gasteiger partial charge on any atom is -0.334 e. The Morgan fingerprint density at radius 1 is 1.29 bits per heavy atom. The number of hydrogen-bond donors (Lipinski definition) is 0. The van der Waals surface area contributed by atoms with E-state index in [-0.39, 0.29) is 6.03 Å². The second-order valence-corrected chi connectivity index (χ2v) is 6.40. The molecule has 3 rings (SSSR count). The largest absolute Gasteiger partial charge is 0.334 e. The lowest BCUT2D eigenvalue weighted by molar-refractivity contribution is 0.118. The van der Waals surface area contributed by atoms with Gasteiger partial charge in [-0.1, -0.05) is 22.8 Å². The van der Waals surface area contributed by atoms with Crippen molar-refractivity contribution in [3.8, 4) is 11.5 Å². The fourth-order valence-electron chi connectivity index (χ4n) is 2.64. The fourth-order valence-corrected chi connectivity index (χ4v) is 2.83. The summed E-state index contributed by atoms with van der Waals surface area (Å²) in [6, 6.07) is 7.39. The number of carbonyl (C=O) groups excluding carboxylic acids is 1. The molecule has 1 saturated heterocycles. The predicted octanol–water partition coefficient (Wildman–Crippen LogP) is 2.19. The van der Waals surface area contributed by atoms with Gasteiger partial charge in [-0.15, -0.1) is 0 Å². The number of urea groups is 1. The van der Waals surface area contributed by atoms with Crippen LogP contribution in [-0.4, -0.2) is 71.1 Å². The maximum absolute atomic E-state index is 11.9. The topological polar surface area (TPSA) is 65.7 Å². The summed E-state index contributed by atoms with van der Waals surface area (Å²) >= 11 is 5.98. The second-order valence-electron chi connectivity index (χ2n) is 5.97. The first-order valence-electron chi connectivity index (χ1n) is 7.80. The van der Waals surface area contributed by atoms with Crippen LogP contribution in [0.15, 0.2) is 28.8 Å². The first-order valence-corrected chi connectivity index (χ1v) is 8.18. The summed E-state index contributed by atoms with van der Waals surface area (Å²) in [5.41, 5.74) is 0.808. The van der Waals surface area contributed by atoms with E-state index in [2.05, 4.69) is 15.0 Å². The molecule has 1 fully saturated rings. The number of amides is 2. The predicted molar refractivity (Wildman–Crippen MR) is 90.7 cm³/mol. The van der Waals surface area contributed by atoms with Gasteiger partial charge >= 0.3 is 6.03 Å². The molecule has 24 heavy (non-hydrogen) atoms. The Kier molecular flexibility index (Phi) is 5.01. The van der Waals surface area contributed by atoms with Crippen LogP contribution in [0.1, 0.15) is 5.82 Å². The average Bonchev–Trinajstić information content (AvgIpc) is 3.03. The van der Waals surface area contributed by atoms with Gasteiger partial charge in [0.1, 0.15) is 0 Å². The molecule has 1 aliphatic heterocycles. The van der Waals surface area contributed by atoms with Crippen LogP contribution in [-0.2, 0) is 6.54 Å². The van der Waals surface area contributed by atoms with Crippen LogP contribution in [0.3, 0.4) is 0 Å². The monoisotopic (exact) mass is 349 g/mol. The quantitative estimate of drug-likeness (QED) is 0.849. The van der Waals surface area contributed by atoms with Crippen LogP contribution >= 0.6 is 11.6 Å². The summed E-state index contributed by atoms with van der Waals surface area (Å²) in [7, 11) is 3.54. The minimum absolute atomic E-state index is 0.0532. The molecule has 0 unspecified atom stereocenters. The molecule has 1 aliphatic rings. The molecule has 1 aromatic heterocycles. The Labute approximate surface area is 145 Å². The Bertz CT molecular complexity index is 710. The molecule has 0 saturated carbocycles. The molecule has 0 N–H and O–H groups in total. The van der Waals surface area contributed by atoms with E-state index in [0.29, 0.717) is 36.4 Å². The molecule has 0 spiro atoms. The number of aromatic nitrogens is 2. The highest BCUT2D eigenvalue weighted by Crippen LogP contribution is 2.21. The van der Waals surface area contributed by atoms with Crippen LogP contribution in [0.5, 0.6) is 0 Å². The lowest BCUT2D eigenvalue weighted by atomic mass is 10.2. The Morgan fingerprint density at radius 2 is 2.04 bits per heavy atom. The number of nitrogens with zero attached hydrogens (tertiary/aromatic N) is 5. The summed E-state index contributed by atoms with van der Waals surface area (Å²) in [6.07, 6.45) is 0. The van der Waals surface area contributed by atoms with E-state index in [0.717, 1.165) is 18.7 Å². The van der Waals surface area contributed by atoms with Crippen LogP contribution in [0, 0.1) is 0 Å². The summed E-state index contributed by atoms with van der Waals surface area (Å²) in [4.78, 5) is 22.0. The van der Waals surface area contributed by atoms with E-state index in [1.807, 2.05) is 17.0 Å². The first kappa shape index (κ1) is 16.7. The Morgan fingerprint density at radius 3 is 2.71 bits per heavy atom. The molecule has 128 valence electrons. The van der Waals surface area contributed by atoms with Gasteiger partial charge in [0.05, 0.1) is 6.54 Å². The highest BCUT2D eigenvalue weighted by atomic mass is 35.5. The number of halogens is 1. The lowest BCUT2D eigenvalue weighted by Gasteiger charge is -2.35. The number of benzene rings is 1. The molecular weight excluding hydrogens is 330 g/mol. The van der Waals surface area contributed by atoms with Gasteiger partial charge in [0.15, 0.2) is 5.82 Å². The van der Waals surface area contributed by atoms with E-state index < -0.39 is 0 Å². The van der Waals surface area contributed by atoms with Crippen LogP contribution in [0.2, 0.25) is 5.02 Å². The molecule has 2 heterocycles. The summed E-state index contributed by atoms with van der Waals surface area (Å²) in [5.74, 6) is 1.10.